The summed E-state index contributed by atoms with van der Waals surface area (Å²) in [5.41, 5.74) is 1.46. The highest BCUT2D eigenvalue weighted by atomic mass is 35.5. The van der Waals surface area contributed by atoms with Gasteiger partial charge in [-0.25, -0.2) is 4.98 Å². The molecule has 0 fully saturated rings. The van der Waals surface area contributed by atoms with Crippen molar-refractivity contribution < 1.29 is 9.90 Å². The van der Waals surface area contributed by atoms with Crippen molar-refractivity contribution in [2.24, 2.45) is 0 Å². The number of carboxylic acids is 1. The van der Waals surface area contributed by atoms with Crippen LogP contribution in [0.15, 0.2) is 24.3 Å². The molecule has 1 N–H and O–H groups in total. The topological polar surface area (TPSA) is 55.1 Å². The molecule has 0 aliphatic carbocycles. The van der Waals surface area contributed by atoms with E-state index in [0.717, 1.165) is 37.1 Å². The molecule has 0 atom stereocenters. The fourth-order valence-electron chi connectivity index (χ4n) is 2.52. The number of carbonyl (C=O) groups is 1. The SMILES string of the molecule is CCCCCc1nc(Cl)c(CC(=O)O)n1Cc1ccccc1Cl. The molecule has 124 valence electrons. The van der Waals surface area contributed by atoms with Crippen molar-refractivity contribution in [3.63, 3.8) is 0 Å². The first-order valence-corrected chi connectivity index (χ1v) is 8.47. The van der Waals surface area contributed by atoms with Crippen LogP contribution >= 0.6 is 23.2 Å². The van der Waals surface area contributed by atoms with Crippen LogP contribution in [0.1, 0.15) is 43.3 Å². The van der Waals surface area contributed by atoms with E-state index in [4.69, 9.17) is 28.3 Å². The highest BCUT2D eigenvalue weighted by Gasteiger charge is 2.18. The summed E-state index contributed by atoms with van der Waals surface area (Å²) in [4.78, 5) is 15.5. The predicted octanol–water partition coefficient (Wildman–Crippen LogP) is 4.60. The number of unbranched alkanes of at least 4 members (excludes halogenated alkanes) is 2. The van der Waals surface area contributed by atoms with Gasteiger partial charge in [-0.1, -0.05) is 61.2 Å². The van der Waals surface area contributed by atoms with Crippen LogP contribution < -0.4 is 0 Å². The molecule has 0 saturated carbocycles. The Hall–Kier alpha value is -1.52. The van der Waals surface area contributed by atoms with E-state index in [9.17, 15) is 4.79 Å². The molecule has 1 aromatic carbocycles. The molecule has 1 aromatic heterocycles. The molecule has 23 heavy (non-hydrogen) atoms. The summed E-state index contributed by atoms with van der Waals surface area (Å²) in [5.74, 6) is -0.105. The summed E-state index contributed by atoms with van der Waals surface area (Å²) < 4.78 is 1.90. The Kier molecular flexibility index (Phi) is 6.48. The Labute approximate surface area is 146 Å². The van der Waals surface area contributed by atoms with Crippen LogP contribution in [0, 0.1) is 0 Å². The largest absolute Gasteiger partial charge is 0.481 e. The second-order valence-corrected chi connectivity index (χ2v) is 6.24. The van der Waals surface area contributed by atoms with Crippen molar-refractivity contribution in [3.8, 4) is 0 Å². The average molecular weight is 355 g/mol. The number of rotatable bonds is 8. The van der Waals surface area contributed by atoms with E-state index in [0.29, 0.717) is 17.3 Å². The second kappa shape index (κ2) is 8.37. The Bertz CT molecular complexity index is 683. The minimum atomic E-state index is -0.924. The molecule has 0 aliphatic heterocycles. The van der Waals surface area contributed by atoms with Crippen LogP contribution in [-0.4, -0.2) is 20.6 Å². The van der Waals surface area contributed by atoms with E-state index in [1.807, 2.05) is 28.8 Å². The lowest BCUT2D eigenvalue weighted by Crippen LogP contribution is -2.12. The Balaban J connectivity index is 2.35. The van der Waals surface area contributed by atoms with Gasteiger partial charge in [-0.05, 0) is 18.1 Å². The number of aliphatic carboxylic acids is 1. The number of nitrogens with zero attached hydrogens (tertiary/aromatic N) is 2. The molecule has 0 amide bonds. The van der Waals surface area contributed by atoms with Crippen molar-refractivity contribution >= 4 is 29.2 Å². The first-order chi connectivity index (χ1) is 11.0. The van der Waals surface area contributed by atoms with E-state index in [1.165, 1.54) is 0 Å². The first-order valence-electron chi connectivity index (χ1n) is 7.72. The monoisotopic (exact) mass is 354 g/mol. The highest BCUT2D eigenvalue weighted by molar-refractivity contribution is 6.31. The maximum Gasteiger partial charge on any atom is 0.309 e. The maximum absolute atomic E-state index is 11.1. The summed E-state index contributed by atoms with van der Waals surface area (Å²) in [6.45, 7) is 2.61. The van der Waals surface area contributed by atoms with E-state index >= 15 is 0 Å². The van der Waals surface area contributed by atoms with Crippen LogP contribution in [0.5, 0.6) is 0 Å². The zero-order valence-electron chi connectivity index (χ0n) is 13.1. The van der Waals surface area contributed by atoms with Gasteiger partial charge in [-0.3, -0.25) is 4.79 Å². The number of hydrogen-bond acceptors (Lipinski definition) is 2. The lowest BCUT2D eigenvalue weighted by molar-refractivity contribution is -0.136. The Morgan fingerprint density at radius 2 is 2.00 bits per heavy atom. The fraction of sp³-hybridized carbons (Fsp3) is 0.412. The van der Waals surface area contributed by atoms with E-state index in [2.05, 4.69) is 11.9 Å². The molecule has 0 aliphatic rings. The number of imidazole rings is 1. The molecule has 2 aromatic rings. The number of aromatic nitrogens is 2. The number of halogens is 2. The number of benzene rings is 1. The maximum atomic E-state index is 11.1. The van der Waals surface area contributed by atoms with Crippen LogP contribution in [0.4, 0.5) is 0 Å². The molecule has 0 unspecified atom stereocenters. The van der Waals surface area contributed by atoms with Crippen molar-refractivity contribution in [2.75, 3.05) is 0 Å². The summed E-state index contributed by atoms with van der Waals surface area (Å²) in [7, 11) is 0. The normalized spacial score (nSPS) is 10.9. The molecule has 1 heterocycles. The van der Waals surface area contributed by atoms with Gasteiger partial charge in [0.15, 0.2) is 5.15 Å². The Morgan fingerprint density at radius 3 is 2.65 bits per heavy atom. The molecule has 4 nitrogen and oxygen atoms in total. The third-order valence-corrected chi connectivity index (χ3v) is 4.38. The van der Waals surface area contributed by atoms with Crippen molar-refractivity contribution in [1.29, 1.82) is 0 Å². The van der Waals surface area contributed by atoms with E-state index in [-0.39, 0.29) is 11.6 Å². The quantitative estimate of drug-likeness (QED) is 0.704. The molecule has 0 saturated heterocycles. The van der Waals surface area contributed by atoms with Crippen LogP contribution in [0.2, 0.25) is 10.2 Å². The van der Waals surface area contributed by atoms with Crippen molar-refractivity contribution in [3.05, 3.63) is 51.5 Å². The third kappa shape index (κ3) is 4.72. The fourth-order valence-corrected chi connectivity index (χ4v) is 2.99. The van der Waals surface area contributed by atoms with Crippen LogP contribution in [0.3, 0.4) is 0 Å². The van der Waals surface area contributed by atoms with Crippen LogP contribution in [0.25, 0.3) is 0 Å². The van der Waals surface area contributed by atoms with Gasteiger partial charge < -0.3 is 9.67 Å². The lowest BCUT2D eigenvalue weighted by Gasteiger charge is -2.12. The zero-order valence-corrected chi connectivity index (χ0v) is 14.6. The Morgan fingerprint density at radius 1 is 1.26 bits per heavy atom. The van der Waals surface area contributed by atoms with Gasteiger partial charge in [0.1, 0.15) is 5.82 Å². The van der Waals surface area contributed by atoms with E-state index in [1.54, 1.807) is 0 Å². The van der Waals surface area contributed by atoms with Gasteiger partial charge in [0, 0.05) is 11.4 Å². The van der Waals surface area contributed by atoms with Gasteiger partial charge in [-0.15, -0.1) is 0 Å². The van der Waals surface area contributed by atoms with Gasteiger partial charge in [-0.2, -0.15) is 0 Å². The average Bonchev–Trinajstić information content (AvgIpc) is 2.78. The minimum Gasteiger partial charge on any atom is -0.481 e. The standard InChI is InChI=1S/C17H20Cl2N2O2/c1-2-3-4-9-15-20-17(19)14(10-16(22)23)21(15)11-12-7-5-6-8-13(12)18/h5-8H,2-4,9-11H2,1H3,(H,22,23). The minimum absolute atomic E-state index is 0.149. The number of aryl methyl sites for hydroxylation is 1. The smallest absolute Gasteiger partial charge is 0.309 e. The summed E-state index contributed by atoms with van der Waals surface area (Å²) >= 11 is 12.4. The van der Waals surface area contributed by atoms with Gasteiger partial charge >= 0.3 is 5.97 Å². The van der Waals surface area contributed by atoms with Crippen molar-refractivity contribution in [1.82, 2.24) is 9.55 Å². The van der Waals surface area contributed by atoms with Crippen molar-refractivity contribution in [2.45, 2.75) is 45.6 Å². The molecular weight excluding hydrogens is 335 g/mol. The lowest BCUT2D eigenvalue weighted by atomic mass is 10.2. The van der Waals surface area contributed by atoms with Gasteiger partial charge in [0.05, 0.1) is 18.7 Å². The van der Waals surface area contributed by atoms with Gasteiger partial charge in [0.25, 0.3) is 0 Å². The van der Waals surface area contributed by atoms with Gasteiger partial charge in [0.2, 0.25) is 0 Å². The second-order valence-electron chi connectivity index (χ2n) is 5.47. The molecule has 0 radical (unpaired) electrons. The number of carboxylic acid groups (broad SMARTS) is 1. The first kappa shape index (κ1) is 17.8. The highest BCUT2D eigenvalue weighted by Crippen LogP contribution is 2.24. The molecule has 0 spiro atoms. The number of hydrogen-bond donors (Lipinski definition) is 1. The summed E-state index contributed by atoms with van der Waals surface area (Å²) in [6.07, 6.45) is 3.84. The van der Waals surface area contributed by atoms with Crippen LogP contribution in [-0.2, 0) is 24.2 Å². The molecule has 2 rings (SSSR count). The summed E-state index contributed by atoms with van der Waals surface area (Å²) in [5, 5.41) is 10.1. The molecular formula is C17H20Cl2N2O2. The molecule has 6 heteroatoms. The summed E-state index contributed by atoms with van der Waals surface area (Å²) in [6, 6.07) is 7.53. The zero-order chi connectivity index (χ0) is 16.8. The van der Waals surface area contributed by atoms with E-state index < -0.39 is 5.97 Å². The molecule has 0 bridgehead atoms. The predicted molar refractivity (Wildman–Crippen MR) is 92.4 cm³/mol. The third-order valence-electron chi connectivity index (χ3n) is 3.71.